The van der Waals surface area contributed by atoms with Crippen molar-refractivity contribution in [3.63, 3.8) is 0 Å². The molecule has 9 heteroatoms. The number of ether oxygens (including phenoxy) is 1. The summed E-state index contributed by atoms with van der Waals surface area (Å²) in [6.07, 6.45) is 11.3. The van der Waals surface area contributed by atoms with E-state index in [1.54, 1.807) is 0 Å². The third kappa shape index (κ3) is 18.6. The Morgan fingerprint density at radius 3 is 1.83 bits per heavy atom. The number of hydrogen-bond donors (Lipinski definition) is 1. The molecule has 0 spiro atoms. The number of fused-ring (bicyclic) bond motifs is 3. The summed E-state index contributed by atoms with van der Waals surface area (Å²) < 4.78 is 5.55. The average Bonchev–Trinajstić information content (AvgIpc) is 3.31. The van der Waals surface area contributed by atoms with Crippen molar-refractivity contribution in [2.75, 3.05) is 46.1 Å². The minimum absolute atomic E-state index is 0. The first kappa shape index (κ1) is 49.7. The van der Waals surface area contributed by atoms with Gasteiger partial charge in [-0.05, 0) is 110 Å². The van der Waals surface area contributed by atoms with Gasteiger partial charge in [0.25, 0.3) is 0 Å². The summed E-state index contributed by atoms with van der Waals surface area (Å²) in [4.78, 5) is 16.3. The Morgan fingerprint density at radius 2 is 1.20 bits per heavy atom. The summed E-state index contributed by atoms with van der Waals surface area (Å²) in [6, 6.07) is 46.9. The summed E-state index contributed by atoms with van der Waals surface area (Å²) in [5, 5.41) is 9.76. The number of hydroxylamine groups is 2. The van der Waals surface area contributed by atoms with Crippen LogP contribution in [-0.4, -0.2) is 80.3 Å². The molecule has 0 bridgehead atoms. The second-order valence-corrected chi connectivity index (χ2v) is 15.3. The number of rotatable bonds is 12. The molecular weight excluding hydrogens is 823 g/mol. The van der Waals surface area contributed by atoms with Crippen LogP contribution in [0.1, 0.15) is 76.6 Å². The zero-order valence-electron chi connectivity index (χ0n) is 35.5. The predicted molar refractivity (Wildman–Crippen MR) is 241 cm³/mol. The molecule has 7 nitrogen and oxygen atoms in total. The van der Waals surface area contributed by atoms with E-state index in [9.17, 15) is 0 Å². The molecule has 5 aromatic carbocycles. The van der Waals surface area contributed by atoms with Gasteiger partial charge >= 0.3 is 23.1 Å². The monoisotopic (exact) mass is 885 g/mol. The van der Waals surface area contributed by atoms with Crippen LogP contribution in [0.3, 0.4) is 0 Å². The Morgan fingerprint density at radius 1 is 0.617 bits per heavy atom. The van der Waals surface area contributed by atoms with Gasteiger partial charge in [0.15, 0.2) is 0 Å². The Hall–Kier alpha value is -2.93. The number of halogens is 1. The molecule has 1 atom stereocenters. The van der Waals surface area contributed by atoms with E-state index in [0.717, 1.165) is 97.4 Å². The Labute approximate surface area is 386 Å². The van der Waals surface area contributed by atoms with Crippen molar-refractivity contribution in [2.45, 2.75) is 89.9 Å². The fourth-order valence-corrected chi connectivity index (χ4v) is 7.57. The van der Waals surface area contributed by atoms with Crippen LogP contribution in [0.2, 0.25) is 0 Å². The quantitative estimate of drug-likeness (QED) is 0.0643. The second kappa shape index (κ2) is 30.2. The molecule has 1 fully saturated rings. The topological polar surface area (TPSA) is 66.3 Å². The van der Waals surface area contributed by atoms with Crippen LogP contribution in [-0.2, 0) is 71.1 Å². The van der Waals surface area contributed by atoms with Crippen LogP contribution in [0.5, 0.6) is 0 Å². The van der Waals surface area contributed by atoms with E-state index in [0.29, 0.717) is 13.2 Å². The first-order valence-electron chi connectivity index (χ1n) is 21.7. The smallest absolute Gasteiger partial charge is 1.00 e. The van der Waals surface area contributed by atoms with Crippen molar-refractivity contribution < 1.29 is 36.3 Å². The van der Waals surface area contributed by atoms with E-state index >= 15 is 0 Å². The van der Waals surface area contributed by atoms with Crippen LogP contribution < -0.4 is 22.3 Å². The molecule has 60 heavy (non-hydrogen) atoms. The van der Waals surface area contributed by atoms with Gasteiger partial charge in [0.2, 0.25) is 0 Å². The number of nitrogens with one attached hydrogen (secondary N) is 1. The first-order chi connectivity index (χ1) is 28.8. The molecular formula is C51H64BrMgN3O4. The maximum Gasteiger partial charge on any atom is 2.00 e. The van der Waals surface area contributed by atoms with Gasteiger partial charge in [0.05, 0.1) is 19.3 Å². The molecule has 4 heterocycles. The molecule has 4 aliphatic heterocycles. The van der Waals surface area contributed by atoms with Gasteiger partial charge in [-0.2, -0.15) is 5.06 Å². The standard InChI is InChI=1S/C18H21NO.C15H22O3.C9H11N.C9H10N.BrH.Mg/c1-2-7-16(8-3-1)9-6-14-20-19-13-12-17-10-4-5-11-18(17)15-19;1-2-7-14(8-3-1)9-6-12-17-18-13-15-10-4-5-11-16-15;2*1-2-4-9-7-10-6-5-8(9)3-1;;/h1-5,7-8,10-11H,6,9,12-15H2;1-3,7-8,15H,4-6,9-13H2;1-4,10H,5-7H2;1-4H,5-7H2;1H;/q;;;-1;;+2/p-1. The van der Waals surface area contributed by atoms with E-state index in [2.05, 4.69) is 143 Å². The van der Waals surface area contributed by atoms with Crippen LogP contribution in [0.4, 0.5) is 0 Å². The molecule has 0 aliphatic carbocycles. The fraction of sp³-hybridized carbons (Fsp3) is 0.412. The molecule has 0 saturated carbocycles. The molecule has 9 rings (SSSR count). The van der Waals surface area contributed by atoms with Crippen molar-refractivity contribution in [2.24, 2.45) is 0 Å². The van der Waals surface area contributed by atoms with E-state index in [4.69, 9.17) is 19.3 Å². The number of aryl methyl sites for hydroxylation is 2. The number of hydrogen-bond acceptors (Lipinski definition) is 6. The summed E-state index contributed by atoms with van der Waals surface area (Å²) in [5.74, 6) is 0. The Kier molecular flexibility index (Phi) is 25.0. The molecule has 5 aromatic rings. The van der Waals surface area contributed by atoms with E-state index in [1.807, 2.05) is 6.07 Å². The van der Waals surface area contributed by atoms with Crippen molar-refractivity contribution in [1.82, 2.24) is 10.4 Å². The summed E-state index contributed by atoms with van der Waals surface area (Å²) >= 11 is 0. The van der Waals surface area contributed by atoms with Gasteiger partial charge in [-0.1, -0.05) is 139 Å². The molecule has 0 aromatic heterocycles. The zero-order chi connectivity index (χ0) is 39.7. The predicted octanol–water partition coefficient (Wildman–Crippen LogP) is 6.82. The van der Waals surface area contributed by atoms with Crippen molar-refractivity contribution in [3.05, 3.63) is 183 Å². The summed E-state index contributed by atoms with van der Waals surface area (Å²) in [5.41, 5.74) is 11.5. The maximum atomic E-state index is 5.89. The van der Waals surface area contributed by atoms with Gasteiger partial charge in [-0.15, -0.1) is 13.1 Å². The van der Waals surface area contributed by atoms with Crippen LogP contribution >= 0.6 is 0 Å². The molecule has 4 aliphatic rings. The average molecular weight is 887 g/mol. The fourth-order valence-electron chi connectivity index (χ4n) is 7.57. The van der Waals surface area contributed by atoms with E-state index < -0.39 is 0 Å². The minimum Gasteiger partial charge on any atom is -1.00 e. The molecule has 1 saturated heterocycles. The van der Waals surface area contributed by atoms with E-state index in [1.165, 1.54) is 63.8 Å². The Bertz CT molecular complexity index is 1750. The first-order valence-corrected chi connectivity index (χ1v) is 21.7. The zero-order valence-corrected chi connectivity index (χ0v) is 38.5. The molecule has 1 N–H and O–H groups in total. The van der Waals surface area contributed by atoms with Gasteiger partial charge in [-0.25, -0.2) is 9.78 Å². The van der Waals surface area contributed by atoms with Gasteiger partial charge in [-0.3, -0.25) is 4.84 Å². The van der Waals surface area contributed by atoms with Gasteiger partial charge in [0, 0.05) is 26.2 Å². The van der Waals surface area contributed by atoms with Crippen LogP contribution in [0, 0.1) is 0 Å². The third-order valence-corrected chi connectivity index (χ3v) is 10.9. The molecule has 0 radical (unpaired) electrons. The largest absolute Gasteiger partial charge is 2.00 e. The van der Waals surface area contributed by atoms with Crippen LogP contribution in [0.15, 0.2) is 133 Å². The summed E-state index contributed by atoms with van der Waals surface area (Å²) in [6.45, 7) is 8.91. The van der Waals surface area contributed by atoms with Gasteiger partial charge < -0.3 is 32.4 Å². The maximum absolute atomic E-state index is 5.89. The van der Waals surface area contributed by atoms with Crippen LogP contribution in [0.25, 0.3) is 5.32 Å². The second-order valence-electron chi connectivity index (χ2n) is 15.3. The van der Waals surface area contributed by atoms with E-state index in [-0.39, 0.29) is 46.1 Å². The minimum atomic E-state index is 0. The molecule has 0 amide bonds. The molecule has 1 unspecified atom stereocenters. The van der Waals surface area contributed by atoms with Crippen molar-refractivity contribution >= 4 is 23.1 Å². The van der Waals surface area contributed by atoms with Crippen molar-refractivity contribution in [1.29, 1.82) is 0 Å². The normalized spacial score (nSPS) is 16.4. The summed E-state index contributed by atoms with van der Waals surface area (Å²) in [7, 11) is 0. The van der Waals surface area contributed by atoms with Crippen molar-refractivity contribution in [3.8, 4) is 0 Å². The number of benzene rings is 5. The Balaban J connectivity index is 0.000000182. The molecule has 316 valence electrons. The van der Waals surface area contributed by atoms with Gasteiger partial charge in [0.1, 0.15) is 6.61 Å². The SMILES string of the molecule is [Br-].[Mg+2].c1ccc(CCCON2CCc3ccccc3C2)cc1.c1ccc(CCCOOCC2CCCCO2)cc1.c1ccc2c(c1)CCNC2.c1ccc2c(c1)CC[N-]C2. The third-order valence-electron chi connectivity index (χ3n) is 10.9. The number of nitrogens with zero attached hydrogens (tertiary/aromatic N) is 2.